The number of ether oxygens (including phenoxy) is 1. The van der Waals surface area contributed by atoms with Crippen molar-refractivity contribution in [3.05, 3.63) is 0 Å². The monoisotopic (exact) mass is 213 g/mol. The predicted molar refractivity (Wildman–Crippen MR) is 65.1 cm³/mol. The van der Waals surface area contributed by atoms with Crippen molar-refractivity contribution >= 4 is 0 Å². The highest BCUT2D eigenvalue weighted by Crippen LogP contribution is 2.16. The van der Waals surface area contributed by atoms with Gasteiger partial charge in [0.15, 0.2) is 0 Å². The molecule has 1 aliphatic rings. The molecule has 0 amide bonds. The zero-order valence-electron chi connectivity index (χ0n) is 10.6. The highest BCUT2D eigenvalue weighted by Gasteiger charge is 2.19. The van der Waals surface area contributed by atoms with Crippen molar-refractivity contribution < 1.29 is 4.74 Å². The Kier molecular flexibility index (Phi) is 6.26. The molecule has 0 saturated carbocycles. The maximum absolute atomic E-state index is 5.39. The van der Waals surface area contributed by atoms with Gasteiger partial charge < -0.3 is 10.1 Å². The second-order valence-electron chi connectivity index (χ2n) is 4.92. The molecule has 1 aliphatic heterocycles. The first kappa shape index (κ1) is 13.0. The zero-order chi connectivity index (χ0) is 11.1. The lowest BCUT2D eigenvalue weighted by atomic mass is 9.94. The average molecular weight is 213 g/mol. The van der Waals surface area contributed by atoms with E-state index >= 15 is 0 Å². The summed E-state index contributed by atoms with van der Waals surface area (Å²) < 4.78 is 5.39. The molecule has 0 radical (unpaired) electrons. The van der Waals surface area contributed by atoms with Crippen molar-refractivity contribution in [3.8, 4) is 0 Å². The van der Waals surface area contributed by atoms with E-state index in [1.165, 1.54) is 25.7 Å². The lowest BCUT2D eigenvalue weighted by Crippen LogP contribution is -2.37. The molecule has 0 aromatic carbocycles. The van der Waals surface area contributed by atoms with Gasteiger partial charge in [-0.2, -0.15) is 0 Å². The summed E-state index contributed by atoms with van der Waals surface area (Å²) in [7, 11) is 0. The molecule has 3 atom stereocenters. The normalized spacial score (nSPS) is 25.4. The number of rotatable bonds is 7. The van der Waals surface area contributed by atoms with Crippen LogP contribution in [0.1, 0.15) is 46.5 Å². The van der Waals surface area contributed by atoms with Crippen LogP contribution in [0.15, 0.2) is 0 Å². The van der Waals surface area contributed by atoms with E-state index in [4.69, 9.17) is 4.74 Å². The topological polar surface area (TPSA) is 21.3 Å². The van der Waals surface area contributed by atoms with Crippen LogP contribution in [0.2, 0.25) is 0 Å². The SMILES string of the molecule is CCCC(C)C(CC)NCC1CCOC1. The third-order valence-electron chi connectivity index (χ3n) is 3.56. The first-order valence-electron chi connectivity index (χ1n) is 6.59. The summed E-state index contributed by atoms with van der Waals surface area (Å²) in [5.74, 6) is 1.56. The third kappa shape index (κ3) is 4.52. The summed E-state index contributed by atoms with van der Waals surface area (Å²) in [6.07, 6.45) is 5.12. The fraction of sp³-hybridized carbons (Fsp3) is 1.00. The molecule has 0 aromatic rings. The van der Waals surface area contributed by atoms with Crippen LogP contribution in [-0.2, 0) is 4.74 Å². The molecule has 90 valence electrons. The maximum Gasteiger partial charge on any atom is 0.0507 e. The van der Waals surface area contributed by atoms with Gasteiger partial charge in [0.2, 0.25) is 0 Å². The quantitative estimate of drug-likeness (QED) is 0.702. The summed E-state index contributed by atoms with van der Waals surface area (Å²) in [6.45, 7) is 10.0. The van der Waals surface area contributed by atoms with Gasteiger partial charge in [-0.3, -0.25) is 0 Å². The molecule has 0 bridgehead atoms. The molecular formula is C13H27NO. The van der Waals surface area contributed by atoms with Gasteiger partial charge in [0, 0.05) is 19.2 Å². The van der Waals surface area contributed by atoms with Crippen LogP contribution >= 0.6 is 0 Å². The van der Waals surface area contributed by atoms with Gasteiger partial charge in [0.1, 0.15) is 0 Å². The van der Waals surface area contributed by atoms with E-state index in [0.29, 0.717) is 6.04 Å². The first-order valence-corrected chi connectivity index (χ1v) is 6.59. The Hall–Kier alpha value is -0.0800. The van der Waals surface area contributed by atoms with Crippen LogP contribution in [0.25, 0.3) is 0 Å². The minimum Gasteiger partial charge on any atom is -0.381 e. The van der Waals surface area contributed by atoms with Crippen molar-refractivity contribution in [1.82, 2.24) is 5.32 Å². The van der Waals surface area contributed by atoms with Crippen molar-refractivity contribution in [3.63, 3.8) is 0 Å². The molecule has 0 aromatic heterocycles. The number of hydrogen-bond acceptors (Lipinski definition) is 2. The predicted octanol–water partition coefficient (Wildman–Crippen LogP) is 2.83. The van der Waals surface area contributed by atoms with E-state index in [1.807, 2.05) is 0 Å². The van der Waals surface area contributed by atoms with Crippen LogP contribution in [0.3, 0.4) is 0 Å². The lowest BCUT2D eigenvalue weighted by Gasteiger charge is -2.25. The van der Waals surface area contributed by atoms with Crippen molar-refractivity contribution in [2.45, 2.75) is 52.5 Å². The molecule has 2 heteroatoms. The summed E-state index contributed by atoms with van der Waals surface area (Å²) in [5, 5.41) is 3.72. The third-order valence-corrected chi connectivity index (χ3v) is 3.56. The van der Waals surface area contributed by atoms with Gasteiger partial charge in [0.05, 0.1) is 6.61 Å². The van der Waals surface area contributed by atoms with Crippen molar-refractivity contribution in [1.29, 1.82) is 0 Å². The van der Waals surface area contributed by atoms with E-state index in [2.05, 4.69) is 26.1 Å². The second kappa shape index (κ2) is 7.24. The van der Waals surface area contributed by atoms with E-state index in [0.717, 1.165) is 31.6 Å². The van der Waals surface area contributed by atoms with Gasteiger partial charge in [-0.05, 0) is 31.1 Å². The Balaban J connectivity index is 2.19. The largest absolute Gasteiger partial charge is 0.381 e. The van der Waals surface area contributed by atoms with Gasteiger partial charge >= 0.3 is 0 Å². The van der Waals surface area contributed by atoms with Crippen LogP contribution in [0, 0.1) is 11.8 Å². The lowest BCUT2D eigenvalue weighted by molar-refractivity contribution is 0.183. The molecule has 1 heterocycles. The second-order valence-corrected chi connectivity index (χ2v) is 4.92. The van der Waals surface area contributed by atoms with Crippen LogP contribution in [0.4, 0.5) is 0 Å². The fourth-order valence-corrected chi connectivity index (χ4v) is 2.47. The molecule has 1 saturated heterocycles. The molecule has 0 spiro atoms. The van der Waals surface area contributed by atoms with Gasteiger partial charge in [-0.15, -0.1) is 0 Å². The molecule has 1 rings (SSSR count). The molecule has 0 aliphatic carbocycles. The summed E-state index contributed by atoms with van der Waals surface area (Å²) in [4.78, 5) is 0. The Morgan fingerprint density at radius 3 is 2.73 bits per heavy atom. The standard InChI is InChI=1S/C13H27NO/c1-4-6-11(3)13(5-2)14-9-12-7-8-15-10-12/h11-14H,4-10H2,1-3H3. The van der Waals surface area contributed by atoms with E-state index in [-0.39, 0.29) is 0 Å². The Morgan fingerprint density at radius 1 is 1.40 bits per heavy atom. The van der Waals surface area contributed by atoms with Crippen LogP contribution in [0.5, 0.6) is 0 Å². The zero-order valence-corrected chi connectivity index (χ0v) is 10.6. The number of nitrogens with one attached hydrogen (secondary N) is 1. The first-order chi connectivity index (χ1) is 7.27. The molecule has 2 nitrogen and oxygen atoms in total. The highest BCUT2D eigenvalue weighted by atomic mass is 16.5. The highest BCUT2D eigenvalue weighted by molar-refractivity contribution is 4.75. The number of hydrogen-bond donors (Lipinski definition) is 1. The fourth-order valence-electron chi connectivity index (χ4n) is 2.47. The minimum absolute atomic E-state index is 0.700. The summed E-state index contributed by atoms with van der Waals surface area (Å²) >= 11 is 0. The van der Waals surface area contributed by atoms with E-state index in [1.54, 1.807) is 0 Å². The molecule has 15 heavy (non-hydrogen) atoms. The smallest absolute Gasteiger partial charge is 0.0507 e. The van der Waals surface area contributed by atoms with Gasteiger partial charge in [-0.25, -0.2) is 0 Å². The summed E-state index contributed by atoms with van der Waals surface area (Å²) in [5.41, 5.74) is 0. The molecule has 1 fully saturated rings. The maximum atomic E-state index is 5.39. The molecule has 1 N–H and O–H groups in total. The van der Waals surface area contributed by atoms with Crippen molar-refractivity contribution in [2.24, 2.45) is 11.8 Å². The molecule has 3 unspecified atom stereocenters. The molecular weight excluding hydrogens is 186 g/mol. The van der Waals surface area contributed by atoms with E-state index < -0.39 is 0 Å². The Bertz CT molecular complexity index is 155. The van der Waals surface area contributed by atoms with Crippen LogP contribution in [-0.4, -0.2) is 25.8 Å². The van der Waals surface area contributed by atoms with E-state index in [9.17, 15) is 0 Å². The van der Waals surface area contributed by atoms with Crippen molar-refractivity contribution in [2.75, 3.05) is 19.8 Å². The Labute approximate surface area is 94.8 Å². The average Bonchev–Trinajstić information content (AvgIpc) is 2.72. The summed E-state index contributed by atoms with van der Waals surface area (Å²) in [6, 6.07) is 0.700. The van der Waals surface area contributed by atoms with Gasteiger partial charge in [0.25, 0.3) is 0 Å². The van der Waals surface area contributed by atoms with Crippen LogP contribution < -0.4 is 5.32 Å². The Morgan fingerprint density at radius 2 is 2.20 bits per heavy atom. The van der Waals surface area contributed by atoms with Gasteiger partial charge in [-0.1, -0.05) is 27.2 Å². The minimum atomic E-state index is 0.700.